The molecule has 0 spiro atoms. The van der Waals surface area contributed by atoms with E-state index in [1.54, 1.807) is 17.5 Å². The second-order valence-electron chi connectivity index (χ2n) is 2.09. The van der Waals surface area contributed by atoms with Crippen LogP contribution in [-0.2, 0) is 0 Å². The number of thiazole rings is 1. The Balaban J connectivity index is 2.69. The molecule has 2 nitrogen and oxygen atoms in total. The molecule has 1 atom stereocenters. The van der Waals surface area contributed by atoms with Crippen molar-refractivity contribution in [2.45, 2.75) is 0 Å². The summed E-state index contributed by atoms with van der Waals surface area (Å²) >= 11 is 1.74. The number of fused-ring (bicyclic) bond motifs is 1. The van der Waals surface area contributed by atoms with Crippen molar-refractivity contribution in [1.82, 2.24) is 9.97 Å². The molecule has 0 aliphatic rings. The predicted octanol–water partition coefficient (Wildman–Crippen LogP) is 1.62. The van der Waals surface area contributed by atoms with Crippen LogP contribution in [0.1, 0.15) is 0 Å². The Hall–Kier alpha value is -0.530. The maximum atomic E-state index is 4.35. The fourth-order valence-electron chi connectivity index (χ4n) is 0.876. The third-order valence-electron chi connectivity index (χ3n) is 1.38. The third-order valence-corrected chi connectivity index (χ3v) is 3.66. The Kier molecular flexibility index (Phi) is 1.84. The van der Waals surface area contributed by atoms with Gasteiger partial charge in [-0.15, -0.1) is 11.3 Å². The normalized spacial score (nSPS) is 11.7. The monoisotopic (exact) mass is 182 g/mol. The highest BCUT2D eigenvalue weighted by molar-refractivity contribution is 7.56. The number of hydrogen-bond donors (Lipinski definition) is 0. The van der Waals surface area contributed by atoms with Crippen molar-refractivity contribution in [3.63, 3.8) is 0 Å². The molecular weight excluding hydrogens is 175 g/mol. The highest BCUT2D eigenvalue weighted by atomic mass is 32.1. The number of pyridine rings is 1. The second kappa shape index (κ2) is 2.84. The zero-order valence-corrected chi connectivity index (χ0v) is 7.85. The summed E-state index contributed by atoms with van der Waals surface area (Å²) in [4.78, 5) is 8.50. The minimum atomic E-state index is 0.781. The van der Waals surface area contributed by atoms with Gasteiger partial charge in [-0.1, -0.05) is 8.58 Å². The summed E-state index contributed by atoms with van der Waals surface area (Å²) in [5.41, 5.74) is 0.891. The van der Waals surface area contributed by atoms with E-state index in [1.165, 1.54) is 9.45 Å². The highest BCUT2D eigenvalue weighted by Crippen LogP contribution is 2.17. The molecule has 2 aromatic rings. The Bertz CT molecular complexity index is 338. The molecule has 2 aromatic heterocycles. The zero-order valence-electron chi connectivity index (χ0n) is 6.03. The molecule has 0 fully saturated rings. The summed E-state index contributed by atoms with van der Waals surface area (Å²) in [7, 11) is 0.781. The maximum absolute atomic E-state index is 4.35. The van der Waals surface area contributed by atoms with Gasteiger partial charge in [-0.05, 0) is 18.8 Å². The molecule has 2 heterocycles. The van der Waals surface area contributed by atoms with Crippen molar-refractivity contribution >= 4 is 35.0 Å². The lowest BCUT2D eigenvalue weighted by atomic mass is 10.5. The lowest BCUT2D eigenvalue weighted by molar-refractivity contribution is 1.35. The maximum Gasteiger partial charge on any atom is 0.170 e. The first-order valence-corrected chi connectivity index (χ1v) is 5.61. The molecule has 0 N–H and O–H groups in total. The summed E-state index contributed by atoms with van der Waals surface area (Å²) in [6.07, 6.45) is 1.78. The minimum absolute atomic E-state index is 0.781. The Morgan fingerprint density at radius 3 is 3.18 bits per heavy atom. The fraction of sp³-hybridized carbons (Fsp3) is 0.143. The van der Waals surface area contributed by atoms with Gasteiger partial charge in [0.05, 0.1) is 4.70 Å². The first-order valence-electron chi connectivity index (χ1n) is 3.29. The van der Waals surface area contributed by atoms with Crippen LogP contribution in [-0.4, -0.2) is 16.6 Å². The van der Waals surface area contributed by atoms with Crippen LogP contribution in [0.3, 0.4) is 0 Å². The van der Waals surface area contributed by atoms with Gasteiger partial charge in [0, 0.05) is 6.20 Å². The van der Waals surface area contributed by atoms with Crippen LogP contribution in [0.5, 0.6) is 0 Å². The topological polar surface area (TPSA) is 25.8 Å². The van der Waals surface area contributed by atoms with E-state index in [2.05, 4.69) is 22.7 Å². The Morgan fingerprint density at radius 2 is 2.45 bits per heavy atom. The van der Waals surface area contributed by atoms with E-state index in [0.29, 0.717) is 0 Å². The van der Waals surface area contributed by atoms with E-state index in [4.69, 9.17) is 0 Å². The smallest absolute Gasteiger partial charge is 0.170 e. The van der Waals surface area contributed by atoms with Gasteiger partial charge >= 0.3 is 0 Å². The number of rotatable bonds is 1. The molecule has 0 radical (unpaired) electrons. The molecule has 1 unspecified atom stereocenters. The van der Waals surface area contributed by atoms with Crippen molar-refractivity contribution in [3.05, 3.63) is 18.3 Å². The SMILES string of the molecule is CPc1nc2ncccc2s1. The summed E-state index contributed by atoms with van der Waals surface area (Å²) < 4.78 is 2.38. The fourth-order valence-corrected chi connectivity index (χ4v) is 2.51. The lowest BCUT2D eigenvalue weighted by Crippen LogP contribution is -1.87. The average Bonchev–Trinajstić information content (AvgIpc) is 2.46. The number of nitrogens with zero attached hydrogens (tertiary/aromatic N) is 2. The zero-order chi connectivity index (χ0) is 7.68. The average molecular weight is 182 g/mol. The predicted molar refractivity (Wildman–Crippen MR) is 51.3 cm³/mol. The van der Waals surface area contributed by atoms with E-state index >= 15 is 0 Å². The van der Waals surface area contributed by atoms with Gasteiger partial charge in [0.2, 0.25) is 0 Å². The molecule has 0 aliphatic heterocycles. The lowest BCUT2D eigenvalue weighted by Gasteiger charge is -1.80. The summed E-state index contributed by atoms with van der Waals surface area (Å²) in [6, 6.07) is 4.01. The summed E-state index contributed by atoms with van der Waals surface area (Å²) in [5.74, 6) is 0. The van der Waals surface area contributed by atoms with Crippen LogP contribution in [0.2, 0.25) is 0 Å². The van der Waals surface area contributed by atoms with Crippen LogP contribution < -0.4 is 4.75 Å². The molecule has 0 amide bonds. The van der Waals surface area contributed by atoms with Crippen molar-refractivity contribution in [3.8, 4) is 0 Å². The van der Waals surface area contributed by atoms with Crippen molar-refractivity contribution in [2.24, 2.45) is 0 Å². The molecule has 0 bridgehead atoms. The molecule has 0 saturated heterocycles. The molecule has 2 rings (SSSR count). The first-order chi connectivity index (χ1) is 5.40. The van der Waals surface area contributed by atoms with E-state index in [-0.39, 0.29) is 0 Å². The number of hydrogen-bond acceptors (Lipinski definition) is 3. The first kappa shape index (κ1) is 7.14. The molecule has 0 aliphatic carbocycles. The van der Waals surface area contributed by atoms with Crippen LogP contribution >= 0.6 is 19.9 Å². The van der Waals surface area contributed by atoms with Crippen LogP contribution in [0.25, 0.3) is 10.3 Å². The molecule has 0 aromatic carbocycles. The van der Waals surface area contributed by atoms with E-state index in [1.807, 2.05) is 6.07 Å². The van der Waals surface area contributed by atoms with Crippen molar-refractivity contribution < 1.29 is 0 Å². The van der Waals surface area contributed by atoms with Gasteiger partial charge in [-0.25, -0.2) is 9.97 Å². The van der Waals surface area contributed by atoms with Gasteiger partial charge in [0.15, 0.2) is 5.65 Å². The minimum Gasteiger partial charge on any atom is -0.236 e. The van der Waals surface area contributed by atoms with Crippen LogP contribution in [0.15, 0.2) is 18.3 Å². The Morgan fingerprint density at radius 1 is 1.55 bits per heavy atom. The highest BCUT2D eigenvalue weighted by Gasteiger charge is 2.00. The van der Waals surface area contributed by atoms with Crippen LogP contribution in [0, 0.1) is 0 Å². The Labute approximate surface area is 70.5 Å². The summed E-state index contributed by atoms with van der Waals surface area (Å²) in [5, 5.41) is 0. The van der Waals surface area contributed by atoms with Gasteiger partial charge in [-0.3, -0.25) is 0 Å². The molecule has 0 saturated carbocycles. The molecule has 11 heavy (non-hydrogen) atoms. The van der Waals surface area contributed by atoms with Gasteiger partial charge in [0.1, 0.15) is 4.75 Å². The largest absolute Gasteiger partial charge is 0.236 e. The quantitative estimate of drug-likeness (QED) is 0.626. The van der Waals surface area contributed by atoms with E-state index in [0.717, 1.165) is 14.2 Å². The second-order valence-corrected chi connectivity index (χ2v) is 4.46. The molecular formula is C7H7N2PS. The molecule has 56 valence electrons. The molecule has 4 heteroatoms. The number of aromatic nitrogens is 2. The van der Waals surface area contributed by atoms with E-state index in [9.17, 15) is 0 Å². The van der Waals surface area contributed by atoms with E-state index < -0.39 is 0 Å². The third kappa shape index (κ3) is 1.26. The van der Waals surface area contributed by atoms with Crippen molar-refractivity contribution in [2.75, 3.05) is 6.66 Å². The van der Waals surface area contributed by atoms with Gasteiger partial charge < -0.3 is 0 Å². The van der Waals surface area contributed by atoms with Gasteiger partial charge in [-0.2, -0.15) is 0 Å². The summed E-state index contributed by atoms with van der Waals surface area (Å²) in [6.45, 7) is 2.14. The van der Waals surface area contributed by atoms with Gasteiger partial charge in [0.25, 0.3) is 0 Å². The standard InChI is InChI=1S/C7H7N2PS/c1-10-7-9-6-5(11-7)3-2-4-8-6/h2-4,10H,1H3. The van der Waals surface area contributed by atoms with Crippen molar-refractivity contribution in [1.29, 1.82) is 0 Å². The van der Waals surface area contributed by atoms with Crippen LogP contribution in [0.4, 0.5) is 0 Å².